The van der Waals surface area contributed by atoms with Crippen LogP contribution in [-0.4, -0.2) is 20.9 Å². The maximum atomic E-state index is 11.0. The van der Waals surface area contributed by atoms with Crippen LogP contribution in [-0.2, 0) is 0 Å². The van der Waals surface area contributed by atoms with E-state index in [9.17, 15) is 4.79 Å². The molecular weight excluding hydrogens is 190 g/mol. The highest BCUT2D eigenvalue weighted by Gasteiger charge is 2.30. The molecular formula is C11H11N3O. The van der Waals surface area contributed by atoms with E-state index in [0.29, 0.717) is 11.6 Å². The Morgan fingerprint density at radius 1 is 1.47 bits per heavy atom. The summed E-state index contributed by atoms with van der Waals surface area (Å²) in [4.78, 5) is 15.5. The average molecular weight is 201 g/mol. The molecule has 0 saturated heterocycles. The van der Waals surface area contributed by atoms with Crippen molar-refractivity contribution in [3.63, 3.8) is 0 Å². The zero-order valence-electron chi connectivity index (χ0n) is 8.47. The molecule has 0 atom stereocenters. The fourth-order valence-electron chi connectivity index (χ4n) is 1.83. The summed E-state index contributed by atoms with van der Waals surface area (Å²) in [5.41, 5.74) is 3.20. The topological polar surface area (TPSA) is 47.3 Å². The third-order valence-electron chi connectivity index (χ3n) is 2.75. The molecule has 2 heterocycles. The molecule has 0 spiro atoms. The van der Waals surface area contributed by atoms with Crippen molar-refractivity contribution in [2.45, 2.75) is 25.7 Å². The molecule has 4 nitrogen and oxygen atoms in total. The number of fused-ring (bicyclic) bond motifs is 1. The second-order valence-corrected chi connectivity index (χ2v) is 4.02. The van der Waals surface area contributed by atoms with Gasteiger partial charge in [-0.2, -0.15) is 5.10 Å². The minimum Gasteiger partial charge on any atom is -0.296 e. The van der Waals surface area contributed by atoms with E-state index in [1.165, 1.54) is 0 Å². The number of aromatic nitrogens is 3. The van der Waals surface area contributed by atoms with E-state index >= 15 is 0 Å². The van der Waals surface area contributed by atoms with Gasteiger partial charge in [0, 0.05) is 5.92 Å². The van der Waals surface area contributed by atoms with Gasteiger partial charge in [-0.1, -0.05) is 0 Å². The Kier molecular flexibility index (Phi) is 1.65. The summed E-state index contributed by atoms with van der Waals surface area (Å²) in [6.07, 6.45) is 3.15. The minimum atomic E-state index is 0.479. The van der Waals surface area contributed by atoms with Crippen LogP contribution in [0.3, 0.4) is 0 Å². The lowest BCUT2D eigenvalue weighted by molar-refractivity contribution is 0.111. The lowest BCUT2D eigenvalue weighted by atomic mass is 10.2. The van der Waals surface area contributed by atoms with Crippen LogP contribution in [0.4, 0.5) is 0 Å². The van der Waals surface area contributed by atoms with Gasteiger partial charge in [0.25, 0.3) is 0 Å². The fourth-order valence-corrected chi connectivity index (χ4v) is 1.83. The smallest absolute Gasteiger partial charge is 0.170 e. The van der Waals surface area contributed by atoms with E-state index in [0.717, 1.165) is 36.2 Å². The number of hydrogen-bond donors (Lipinski definition) is 0. The zero-order chi connectivity index (χ0) is 10.4. The lowest BCUT2D eigenvalue weighted by Gasteiger charge is -1.95. The van der Waals surface area contributed by atoms with Crippen molar-refractivity contribution in [2.75, 3.05) is 0 Å². The number of carbonyl (C=O) groups is 1. The highest BCUT2D eigenvalue weighted by Crippen LogP contribution is 2.40. The molecule has 0 unspecified atom stereocenters. The summed E-state index contributed by atoms with van der Waals surface area (Å²) in [5.74, 6) is 0.479. The van der Waals surface area contributed by atoms with Gasteiger partial charge in [-0.3, -0.25) is 4.79 Å². The number of rotatable bonds is 2. The predicted molar refractivity (Wildman–Crippen MR) is 55.1 cm³/mol. The van der Waals surface area contributed by atoms with E-state index in [4.69, 9.17) is 0 Å². The third-order valence-corrected chi connectivity index (χ3v) is 2.75. The molecule has 0 aliphatic heterocycles. The Bertz CT molecular complexity index is 540. The van der Waals surface area contributed by atoms with Crippen molar-refractivity contribution in [3.05, 3.63) is 29.2 Å². The van der Waals surface area contributed by atoms with Crippen LogP contribution < -0.4 is 0 Å². The van der Waals surface area contributed by atoms with Gasteiger partial charge in [-0.25, -0.2) is 9.50 Å². The molecule has 2 aromatic rings. The molecule has 1 fully saturated rings. The number of aryl methyl sites for hydroxylation is 1. The van der Waals surface area contributed by atoms with E-state index in [2.05, 4.69) is 10.1 Å². The fraction of sp³-hybridized carbons (Fsp3) is 0.364. The Balaban J connectivity index is 2.32. The van der Waals surface area contributed by atoms with Gasteiger partial charge in [0.05, 0.1) is 11.4 Å². The monoisotopic (exact) mass is 201 g/mol. The summed E-state index contributed by atoms with van der Waals surface area (Å²) in [5, 5.41) is 4.30. The van der Waals surface area contributed by atoms with Crippen molar-refractivity contribution < 1.29 is 4.79 Å². The summed E-state index contributed by atoms with van der Waals surface area (Å²) >= 11 is 0. The molecule has 2 aromatic heterocycles. The zero-order valence-corrected chi connectivity index (χ0v) is 8.47. The molecule has 0 aromatic carbocycles. The largest absolute Gasteiger partial charge is 0.296 e. The van der Waals surface area contributed by atoms with Crippen molar-refractivity contribution in [3.8, 4) is 0 Å². The van der Waals surface area contributed by atoms with Gasteiger partial charge in [-0.05, 0) is 31.9 Å². The van der Waals surface area contributed by atoms with Crippen LogP contribution in [0.25, 0.3) is 5.65 Å². The first-order chi connectivity index (χ1) is 7.29. The predicted octanol–water partition coefficient (Wildman–Crippen LogP) is 1.73. The van der Waals surface area contributed by atoms with Gasteiger partial charge in [0.15, 0.2) is 11.9 Å². The van der Waals surface area contributed by atoms with Crippen LogP contribution in [0, 0.1) is 6.92 Å². The van der Waals surface area contributed by atoms with Gasteiger partial charge in [0.1, 0.15) is 5.69 Å². The Labute approximate surface area is 86.9 Å². The standard InChI is InChI=1S/C11H11N3O/c1-7-2-5-10-12-11(8-3-4-8)9(6-15)14(10)13-7/h2,5-6,8H,3-4H2,1H3. The van der Waals surface area contributed by atoms with Crippen molar-refractivity contribution in [1.82, 2.24) is 14.6 Å². The number of carbonyl (C=O) groups excluding carboxylic acids is 1. The maximum Gasteiger partial charge on any atom is 0.170 e. The molecule has 1 aliphatic rings. The van der Waals surface area contributed by atoms with E-state index in [-0.39, 0.29) is 0 Å². The molecule has 0 N–H and O–H groups in total. The van der Waals surface area contributed by atoms with Gasteiger partial charge < -0.3 is 0 Å². The van der Waals surface area contributed by atoms with Crippen molar-refractivity contribution in [2.24, 2.45) is 0 Å². The van der Waals surface area contributed by atoms with Crippen LogP contribution in [0.1, 0.15) is 40.6 Å². The maximum absolute atomic E-state index is 11.0. The lowest BCUT2D eigenvalue weighted by Crippen LogP contribution is -1.99. The molecule has 1 aliphatic carbocycles. The third kappa shape index (κ3) is 1.25. The second kappa shape index (κ2) is 2.89. The van der Waals surface area contributed by atoms with E-state index in [1.807, 2.05) is 19.1 Å². The van der Waals surface area contributed by atoms with Gasteiger partial charge in [0.2, 0.25) is 0 Å². The number of aldehydes is 1. The quantitative estimate of drug-likeness (QED) is 0.695. The number of imidazole rings is 1. The summed E-state index contributed by atoms with van der Waals surface area (Å²) in [6, 6.07) is 3.81. The van der Waals surface area contributed by atoms with Crippen LogP contribution in [0.15, 0.2) is 12.1 Å². The van der Waals surface area contributed by atoms with Crippen LogP contribution >= 0.6 is 0 Å². The SMILES string of the molecule is Cc1ccc2nc(C3CC3)c(C=O)n2n1. The summed E-state index contributed by atoms with van der Waals surface area (Å²) in [6.45, 7) is 1.91. The van der Waals surface area contributed by atoms with Crippen LogP contribution in [0.2, 0.25) is 0 Å². The first-order valence-corrected chi connectivity index (χ1v) is 5.11. The van der Waals surface area contributed by atoms with Crippen molar-refractivity contribution >= 4 is 11.9 Å². The molecule has 1 saturated carbocycles. The average Bonchev–Trinajstić information content (AvgIpc) is 3.00. The second-order valence-electron chi connectivity index (χ2n) is 4.02. The Morgan fingerprint density at radius 3 is 2.93 bits per heavy atom. The summed E-state index contributed by atoms with van der Waals surface area (Å²) in [7, 11) is 0. The Morgan fingerprint density at radius 2 is 2.27 bits per heavy atom. The molecule has 76 valence electrons. The van der Waals surface area contributed by atoms with Gasteiger partial charge in [-0.15, -0.1) is 0 Å². The Hall–Kier alpha value is -1.71. The highest BCUT2D eigenvalue weighted by molar-refractivity contribution is 5.76. The molecule has 4 heteroatoms. The van der Waals surface area contributed by atoms with Crippen LogP contribution in [0.5, 0.6) is 0 Å². The van der Waals surface area contributed by atoms with Gasteiger partial charge >= 0.3 is 0 Å². The van der Waals surface area contributed by atoms with E-state index < -0.39 is 0 Å². The number of hydrogen-bond acceptors (Lipinski definition) is 3. The first-order valence-electron chi connectivity index (χ1n) is 5.11. The molecule has 0 radical (unpaired) electrons. The minimum absolute atomic E-state index is 0.479. The normalized spacial score (nSPS) is 15.8. The molecule has 3 rings (SSSR count). The highest BCUT2D eigenvalue weighted by atomic mass is 16.1. The van der Waals surface area contributed by atoms with E-state index in [1.54, 1.807) is 4.52 Å². The molecule has 0 bridgehead atoms. The number of nitrogens with zero attached hydrogens (tertiary/aromatic N) is 3. The van der Waals surface area contributed by atoms with Crippen molar-refractivity contribution in [1.29, 1.82) is 0 Å². The summed E-state index contributed by atoms with van der Waals surface area (Å²) < 4.78 is 1.65. The molecule has 0 amide bonds. The molecule has 15 heavy (non-hydrogen) atoms. The first kappa shape index (κ1) is 8.59.